The van der Waals surface area contributed by atoms with Crippen molar-refractivity contribution in [3.8, 4) is 0 Å². The molecule has 3 nitrogen and oxygen atoms in total. The molecule has 21 heavy (non-hydrogen) atoms. The predicted molar refractivity (Wildman–Crippen MR) is 79.0 cm³/mol. The van der Waals surface area contributed by atoms with Crippen molar-refractivity contribution < 1.29 is 9.18 Å². The smallest absolute Gasteiger partial charge is 0.200 e. The van der Waals surface area contributed by atoms with Gasteiger partial charge in [-0.15, -0.1) is 0 Å². The second-order valence-corrected chi connectivity index (χ2v) is 4.84. The normalized spacial score (nSPS) is 10.8. The predicted octanol–water partition coefficient (Wildman–Crippen LogP) is 2.91. The van der Waals surface area contributed by atoms with E-state index >= 15 is 0 Å². The lowest BCUT2D eigenvalue weighted by Gasteiger charge is -2.08. The van der Waals surface area contributed by atoms with Crippen LogP contribution in [0.25, 0.3) is 10.9 Å². The topological polar surface area (TPSA) is 39.1 Å². The van der Waals surface area contributed by atoms with E-state index in [4.69, 9.17) is 0 Å². The molecule has 0 aliphatic carbocycles. The second kappa shape index (κ2) is 4.98. The van der Waals surface area contributed by atoms with Gasteiger partial charge < -0.3 is 4.57 Å². The van der Waals surface area contributed by atoms with Gasteiger partial charge in [0.1, 0.15) is 5.82 Å². The summed E-state index contributed by atoms with van der Waals surface area (Å²) < 4.78 is 15.0. The molecule has 0 amide bonds. The zero-order valence-electron chi connectivity index (χ0n) is 11.3. The van der Waals surface area contributed by atoms with E-state index < -0.39 is 11.2 Å². The van der Waals surface area contributed by atoms with Crippen molar-refractivity contribution in [2.24, 2.45) is 7.05 Å². The van der Waals surface area contributed by atoms with Crippen molar-refractivity contribution in [2.75, 3.05) is 0 Å². The molecule has 0 aliphatic rings. The minimum atomic E-state index is -0.496. The summed E-state index contributed by atoms with van der Waals surface area (Å²) >= 11 is 0. The number of hydrogen-bond acceptors (Lipinski definition) is 2. The van der Waals surface area contributed by atoms with E-state index in [2.05, 4.69) is 0 Å². The molecule has 0 unspecified atom stereocenters. The molecule has 4 heteroatoms. The number of benzene rings is 2. The Morgan fingerprint density at radius 3 is 2.52 bits per heavy atom. The number of halogens is 1. The first kappa shape index (κ1) is 13.2. The van der Waals surface area contributed by atoms with Crippen molar-refractivity contribution >= 4 is 16.7 Å². The van der Waals surface area contributed by atoms with E-state index in [0.717, 1.165) is 0 Å². The van der Waals surface area contributed by atoms with Crippen LogP contribution in [0.4, 0.5) is 4.39 Å². The number of aromatic nitrogens is 1. The number of ketones is 1. The summed E-state index contributed by atoms with van der Waals surface area (Å²) in [4.78, 5) is 24.9. The molecule has 0 radical (unpaired) electrons. The highest BCUT2D eigenvalue weighted by molar-refractivity contribution is 6.10. The van der Waals surface area contributed by atoms with E-state index in [1.54, 1.807) is 41.9 Å². The molecule has 1 heterocycles. The highest BCUT2D eigenvalue weighted by atomic mass is 19.1. The molecule has 0 saturated carbocycles. The van der Waals surface area contributed by atoms with Crippen LogP contribution in [0, 0.1) is 5.82 Å². The Labute approximate surface area is 120 Å². The largest absolute Gasteiger partial charge is 0.350 e. The Morgan fingerprint density at radius 1 is 1.10 bits per heavy atom. The lowest BCUT2D eigenvalue weighted by Crippen LogP contribution is -2.19. The van der Waals surface area contributed by atoms with Crippen molar-refractivity contribution in [3.63, 3.8) is 0 Å². The molecule has 2 aromatic carbocycles. The molecule has 0 aliphatic heterocycles. The third-order valence-electron chi connectivity index (χ3n) is 3.43. The lowest BCUT2D eigenvalue weighted by molar-refractivity contribution is 0.103. The fourth-order valence-corrected chi connectivity index (χ4v) is 2.37. The Kier molecular flexibility index (Phi) is 3.14. The van der Waals surface area contributed by atoms with Gasteiger partial charge in [0.2, 0.25) is 5.43 Å². The highest BCUT2D eigenvalue weighted by Gasteiger charge is 2.16. The van der Waals surface area contributed by atoms with Crippen LogP contribution >= 0.6 is 0 Å². The maximum Gasteiger partial charge on any atom is 0.200 e. The summed E-state index contributed by atoms with van der Waals surface area (Å²) in [6, 6.07) is 12.6. The summed E-state index contributed by atoms with van der Waals surface area (Å²) in [5.74, 6) is -0.855. The summed E-state index contributed by atoms with van der Waals surface area (Å²) in [6.45, 7) is 0. The number of aryl methyl sites for hydroxylation is 1. The van der Waals surface area contributed by atoms with Gasteiger partial charge in [0.05, 0.1) is 11.1 Å². The first-order valence-electron chi connectivity index (χ1n) is 6.46. The molecule has 1 aromatic heterocycles. The zero-order chi connectivity index (χ0) is 15.0. The van der Waals surface area contributed by atoms with Gasteiger partial charge in [0, 0.05) is 24.2 Å². The van der Waals surface area contributed by atoms with E-state index in [0.29, 0.717) is 11.1 Å². The molecule has 0 atom stereocenters. The van der Waals surface area contributed by atoms with Gasteiger partial charge in [-0.3, -0.25) is 9.59 Å². The number of carbonyl (C=O) groups is 1. The first-order chi connectivity index (χ1) is 10.1. The van der Waals surface area contributed by atoms with Gasteiger partial charge >= 0.3 is 0 Å². The van der Waals surface area contributed by atoms with Crippen LogP contribution in [0.5, 0.6) is 0 Å². The van der Waals surface area contributed by atoms with E-state index in [1.807, 2.05) is 0 Å². The molecule has 0 N–H and O–H groups in total. The summed E-state index contributed by atoms with van der Waals surface area (Å²) in [5, 5.41) is 0.208. The van der Waals surface area contributed by atoms with Crippen LogP contribution in [0.3, 0.4) is 0 Å². The van der Waals surface area contributed by atoms with Crippen molar-refractivity contribution in [3.05, 3.63) is 81.9 Å². The summed E-state index contributed by atoms with van der Waals surface area (Å²) in [5.41, 5.74) is 0.620. The third kappa shape index (κ3) is 2.25. The van der Waals surface area contributed by atoms with E-state index in [9.17, 15) is 14.0 Å². The molecular weight excluding hydrogens is 269 g/mol. The van der Waals surface area contributed by atoms with E-state index in [-0.39, 0.29) is 16.7 Å². The number of rotatable bonds is 2. The Balaban J connectivity index is 2.27. The van der Waals surface area contributed by atoms with Gasteiger partial charge in [0.25, 0.3) is 0 Å². The van der Waals surface area contributed by atoms with Gasteiger partial charge in [-0.25, -0.2) is 4.39 Å². The quantitative estimate of drug-likeness (QED) is 0.677. The fourth-order valence-electron chi connectivity index (χ4n) is 2.37. The Morgan fingerprint density at radius 2 is 1.81 bits per heavy atom. The maximum absolute atomic E-state index is 13.4. The first-order valence-corrected chi connectivity index (χ1v) is 6.46. The molecule has 3 rings (SSSR count). The fraction of sp³-hybridized carbons (Fsp3) is 0.0588. The molecule has 3 aromatic rings. The molecule has 0 spiro atoms. The van der Waals surface area contributed by atoms with Crippen LogP contribution in [0.1, 0.15) is 15.9 Å². The monoisotopic (exact) mass is 281 g/mol. The van der Waals surface area contributed by atoms with Crippen LogP contribution in [0.2, 0.25) is 0 Å². The molecule has 0 bridgehead atoms. The van der Waals surface area contributed by atoms with Crippen LogP contribution in [0.15, 0.2) is 59.5 Å². The number of hydrogen-bond donors (Lipinski definition) is 0. The minimum absolute atomic E-state index is 0.0433. The average molecular weight is 281 g/mol. The minimum Gasteiger partial charge on any atom is -0.350 e. The van der Waals surface area contributed by atoms with Gasteiger partial charge in [-0.1, -0.05) is 30.3 Å². The number of pyridine rings is 1. The molecular formula is C17H12FNO2. The number of nitrogens with zero attached hydrogens (tertiary/aromatic N) is 1. The SMILES string of the molecule is Cn1cc(C(=O)c2ccccc2)c(=O)c2cc(F)ccc21. The second-order valence-electron chi connectivity index (χ2n) is 4.84. The van der Waals surface area contributed by atoms with Gasteiger partial charge in [0.15, 0.2) is 5.78 Å². The molecule has 0 saturated heterocycles. The summed E-state index contributed by atoms with van der Waals surface area (Å²) in [7, 11) is 1.72. The zero-order valence-corrected chi connectivity index (χ0v) is 11.3. The molecule has 0 fully saturated rings. The van der Waals surface area contributed by atoms with Crippen molar-refractivity contribution in [2.45, 2.75) is 0 Å². The third-order valence-corrected chi connectivity index (χ3v) is 3.43. The molecule has 104 valence electrons. The van der Waals surface area contributed by atoms with Crippen LogP contribution in [-0.4, -0.2) is 10.4 Å². The van der Waals surface area contributed by atoms with Crippen molar-refractivity contribution in [1.82, 2.24) is 4.57 Å². The van der Waals surface area contributed by atoms with Crippen LogP contribution in [-0.2, 0) is 7.05 Å². The summed E-state index contributed by atoms with van der Waals surface area (Å²) in [6.07, 6.45) is 1.50. The van der Waals surface area contributed by atoms with Crippen LogP contribution < -0.4 is 5.43 Å². The van der Waals surface area contributed by atoms with Gasteiger partial charge in [-0.05, 0) is 18.2 Å². The standard InChI is InChI=1S/C17H12FNO2/c1-19-10-14(16(20)11-5-3-2-4-6-11)17(21)13-9-12(18)7-8-15(13)19/h2-10H,1H3. The van der Waals surface area contributed by atoms with E-state index in [1.165, 1.54) is 24.4 Å². The van der Waals surface area contributed by atoms with Crippen molar-refractivity contribution in [1.29, 1.82) is 0 Å². The highest BCUT2D eigenvalue weighted by Crippen LogP contribution is 2.14. The number of fused-ring (bicyclic) bond motifs is 1. The average Bonchev–Trinajstić information content (AvgIpc) is 2.51. The Hall–Kier alpha value is -2.75. The maximum atomic E-state index is 13.4. The Bertz CT molecular complexity index is 898. The lowest BCUT2D eigenvalue weighted by atomic mass is 10.0. The van der Waals surface area contributed by atoms with Gasteiger partial charge in [-0.2, -0.15) is 0 Å². The number of carbonyl (C=O) groups excluding carboxylic acids is 1.